The van der Waals surface area contributed by atoms with Gasteiger partial charge in [-0.25, -0.2) is 4.79 Å². The molecule has 49 heavy (non-hydrogen) atoms. The van der Waals surface area contributed by atoms with Crippen molar-refractivity contribution in [3.8, 4) is 5.75 Å². The molecule has 4 N–H and O–H groups in total. The average molecular weight is 678 g/mol. The van der Waals surface area contributed by atoms with Crippen LogP contribution in [0.5, 0.6) is 5.75 Å². The third-order valence-electron chi connectivity index (χ3n) is 7.56. The Balaban J connectivity index is 1.68. The zero-order valence-corrected chi connectivity index (χ0v) is 29.1. The van der Waals surface area contributed by atoms with E-state index in [0.29, 0.717) is 11.4 Å². The number of aliphatic hydroxyl groups is 2. The molecular weight excluding hydrogens is 628 g/mol. The van der Waals surface area contributed by atoms with E-state index in [9.17, 15) is 29.7 Å². The van der Waals surface area contributed by atoms with Crippen molar-refractivity contribution in [2.45, 2.75) is 89.8 Å². The molecule has 0 unspecified atom stereocenters. The summed E-state index contributed by atoms with van der Waals surface area (Å²) in [6, 6.07) is 19.6. The van der Waals surface area contributed by atoms with E-state index < -0.39 is 47.6 Å². The smallest absolute Gasteiger partial charge is 0.407 e. The van der Waals surface area contributed by atoms with E-state index in [-0.39, 0.29) is 38.3 Å². The first-order chi connectivity index (χ1) is 23.0. The van der Waals surface area contributed by atoms with E-state index in [1.54, 1.807) is 84.0 Å². The van der Waals surface area contributed by atoms with Gasteiger partial charge in [-0.3, -0.25) is 9.78 Å². The fraction of sp³-hybridized carbons (Fsp3) is 0.459. The lowest BCUT2D eigenvalue weighted by Crippen LogP contribution is -2.62. The Morgan fingerprint density at radius 2 is 1.45 bits per heavy atom. The molecule has 0 fully saturated rings. The Morgan fingerprint density at radius 3 is 2.02 bits per heavy atom. The Labute approximate surface area is 288 Å². The molecule has 2 aromatic carbocycles. The van der Waals surface area contributed by atoms with E-state index in [1.165, 1.54) is 6.20 Å². The molecule has 12 heteroatoms. The highest BCUT2D eigenvalue weighted by molar-refractivity contribution is 5.95. The number of rotatable bonds is 16. The van der Waals surface area contributed by atoms with Crippen LogP contribution in [-0.2, 0) is 17.6 Å². The summed E-state index contributed by atoms with van der Waals surface area (Å²) in [7, 11) is 0. The van der Waals surface area contributed by atoms with Gasteiger partial charge < -0.3 is 45.1 Å². The monoisotopic (exact) mass is 677 g/mol. The molecule has 12 nitrogen and oxygen atoms in total. The van der Waals surface area contributed by atoms with Crippen molar-refractivity contribution in [2.24, 2.45) is 0 Å². The number of carbonyl (C=O) groups excluding carboxylic acids is 3. The number of nitrogens with zero attached hydrogens (tertiary/aromatic N) is 2. The maximum Gasteiger partial charge on any atom is 0.407 e. The van der Waals surface area contributed by atoms with Crippen LogP contribution < -0.4 is 20.5 Å². The summed E-state index contributed by atoms with van der Waals surface area (Å²) in [6.07, 6.45) is -2.38. The molecule has 0 bridgehead atoms. The SMILES string of the molecule is CC(C)(C)OC(=O)N[C@@H](Cc1ccc(OCC(=O)c2ccccn2)cc1)[C@H](O)CNC[C@@H](O)[C@H](Cc1ccccc1)N(C(=O)[O-])C(C)(C)C. The van der Waals surface area contributed by atoms with Gasteiger partial charge in [-0.1, -0.05) is 48.5 Å². The number of carbonyl (C=O) groups is 3. The quantitative estimate of drug-likeness (QED) is 0.165. The van der Waals surface area contributed by atoms with Crippen LogP contribution in [0.2, 0.25) is 0 Å². The van der Waals surface area contributed by atoms with E-state index in [4.69, 9.17) is 9.47 Å². The average Bonchev–Trinajstić information content (AvgIpc) is 3.02. The highest BCUT2D eigenvalue weighted by atomic mass is 16.6. The van der Waals surface area contributed by atoms with Crippen molar-refractivity contribution in [3.05, 3.63) is 95.8 Å². The van der Waals surface area contributed by atoms with Crippen molar-refractivity contribution in [1.82, 2.24) is 20.5 Å². The van der Waals surface area contributed by atoms with Gasteiger partial charge in [0.05, 0.1) is 24.3 Å². The van der Waals surface area contributed by atoms with E-state index in [0.717, 1.165) is 16.0 Å². The summed E-state index contributed by atoms with van der Waals surface area (Å²) in [5.74, 6) is 0.205. The Kier molecular flexibility index (Phi) is 14.1. The van der Waals surface area contributed by atoms with Crippen LogP contribution in [0.15, 0.2) is 79.0 Å². The first-order valence-corrected chi connectivity index (χ1v) is 16.3. The van der Waals surface area contributed by atoms with Crippen molar-refractivity contribution >= 4 is 18.0 Å². The number of nitrogens with one attached hydrogen (secondary N) is 2. The summed E-state index contributed by atoms with van der Waals surface area (Å²) >= 11 is 0. The fourth-order valence-corrected chi connectivity index (χ4v) is 5.29. The summed E-state index contributed by atoms with van der Waals surface area (Å²) < 4.78 is 11.1. The number of Topliss-reactive ketones (excluding diaryl/α,β-unsaturated/α-hetero) is 1. The number of carboxylic acid groups (broad SMARTS) is 1. The number of ketones is 1. The first kappa shape index (κ1) is 38.9. The van der Waals surface area contributed by atoms with Crippen molar-refractivity contribution in [2.75, 3.05) is 19.7 Å². The highest BCUT2D eigenvalue weighted by Gasteiger charge is 2.34. The molecule has 266 valence electrons. The van der Waals surface area contributed by atoms with E-state index in [1.807, 2.05) is 30.3 Å². The number of hydrogen-bond acceptors (Lipinski definition) is 10. The van der Waals surface area contributed by atoms with Gasteiger partial charge in [0, 0.05) is 24.8 Å². The Hall–Kier alpha value is -4.52. The summed E-state index contributed by atoms with van der Waals surface area (Å²) in [5.41, 5.74) is 0.305. The van der Waals surface area contributed by atoms with Crippen LogP contribution in [-0.4, -0.2) is 93.2 Å². The molecule has 1 aromatic heterocycles. The zero-order valence-electron chi connectivity index (χ0n) is 29.1. The first-order valence-electron chi connectivity index (χ1n) is 16.3. The number of alkyl carbamates (subject to hydrolysis) is 1. The maximum atomic E-state index is 12.7. The molecule has 3 rings (SSSR count). The minimum Gasteiger partial charge on any atom is -0.530 e. The van der Waals surface area contributed by atoms with Gasteiger partial charge in [-0.2, -0.15) is 0 Å². The number of ether oxygens (including phenoxy) is 2. The van der Waals surface area contributed by atoms with Crippen LogP contribution in [0.1, 0.15) is 63.2 Å². The molecule has 1 heterocycles. The predicted molar refractivity (Wildman–Crippen MR) is 183 cm³/mol. The van der Waals surface area contributed by atoms with Crippen molar-refractivity contribution in [3.63, 3.8) is 0 Å². The van der Waals surface area contributed by atoms with Crippen LogP contribution in [0.25, 0.3) is 0 Å². The Morgan fingerprint density at radius 1 is 0.837 bits per heavy atom. The van der Waals surface area contributed by atoms with Crippen molar-refractivity contribution < 1.29 is 39.2 Å². The number of pyridine rings is 1. The van der Waals surface area contributed by atoms with E-state index >= 15 is 0 Å². The summed E-state index contributed by atoms with van der Waals surface area (Å²) in [4.78, 5) is 42.5. The number of amides is 2. The fourth-order valence-electron chi connectivity index (χ4n) is 5.29. The molecule has 2 amide bonds. The van der Waals surface area contributed by atoms with Crippen LogP contribution in [0.4, 0.5) is 9.59 Å². The van der Waals surface area contributed by atoms with Gasteiger partial charge in [0.1, 0.15) is 23.1 Å². The number of hydrogen-bond donors (Lipinski definition) is 4. The normalized spacial score (nSPS) is 14.2. The topological polar surface area (TPSA) is 173 Å². The lowest BCUT2D eigenvalue weighted by Gasteiger charge is -2.45. The van der Waals surface area contributed by atoms with Gasteiger partial charge in [0.25, 0.3) is 0 Å². The number of benzene rings is 2. The molecule has 4 atom stereocenters. The molecule has 0 aliphatic heterocycles. The standard InChI is InChI=1S/C37H50N4O8/c1-36(2,3)41(35(46)47)30(21-25-12-8-7-9-13-25)32(43)23-38-22-31(42)29(40-34(45)49-37(4,5)6)20-26-15-17-27(18-16-26)48-24-33(44)28-14-10-11-19-39-28/h7-19,29-32,38,42-43H,20-24H2,1-6H3,(H,40,45)(H,46,47)/p-1/t29-,30-,31+,32+/m0/s1. The minimum absolute atomic E-state index is 0.0345. The molecule has 0 spiro atoms. The number of aliphatic hydroxyl groups excluding tert-OH is 2. The molecule has 3 aromatic rings. The third kappa shape index (κ3) is 13.1. The predicted octanol–water partition coefficient (Wildman–Crippen LogP) is 3.15. The second-order valence-corrected chi connectivity index (χ2v) is 13.9. The van der Waals surface area contributed by atoms with Gasteiger partial charge in [0.2, 0.25) is 5.78 Å². The second-order valence-electron chi connectivity index (χ2n) is 13.9. The second kappa shape index (κ2) is 17.8. The van der Waals surface area contributed by atoms with Crippen LogP contribution >= 0.6 is 0 Å². The highest BCUT2D eigenvalue weighted by Crippen LogP contribution is 2.22. The lowest BCUT2D eigenvalue weighted by atomic mass is 9.94. The largest absolute Gasteiger partial charge is 0.530 e. The molecule has 0 aliphatic carbocycles. The molecule has 0 saturated carbocycles. The number of aromatic nitrogens is 1. The van der Waals surface area contributed by atoms with Crippen LogP contribution in [0.3, 0.4) is 0 Å². The van der Waals surface area contributed by atoms with Gasteiger partial charge >= 0.3 is 6.09 Å². The molecular formula is C37H49N4O8-. The summed E-state index contributed by atoms with van der Waals surface area (Å²) in [5, 5.41) is 40.6. The zero-order chi connectivity index (χ0) is 36.2. The van der Waals surface area contributed by atoms with E-state index in [2.05, 4.69) is 15.6 Å². The maximum absolute atomic E-state index is 12.7. The lowest BCUT2D eigenvalue weighted by molar-refractivity contribution is -0.275. The van der Waals surface area contributed by atoms with Gasteiger partial charge in [-0.05, 0) is 89.8 Å². The van der Waals surface area contributed by atoms with Crippen LogP contribution in [0, 0.1) is 0 Å². The molecule has 0 radical (unpaired) electrons. The molecule has 0 saturated heterocycles. The third-order valence-corrected chi connectivity index (χ3v) is 7.56. The molecule has 0 aliphatic rings. The minimum atomic E-state index is -1.40. The van der Waals surface area contributed by atoms with Gasteiger partial charge in [-0.15, -0.1) is 0 Å². The Bertz CT molecular complexity index is 1470. The van der Waals surface area contributed by atoms with Gasteiger partial charge in [0.15, 0.2) is 6.61 Å². The van der Waals surface area contributed by atoms with Crippen molar-refractivity contribution in [1.29, 1.82) is 0 Å². The summed E-state index contributed by atoms with van der Waals surface area (Å²) in [6.45, 7) is 10.1.